The highest BCUT2D eigenvalue weighted by molar-refractivity contribution is 9.10. The summed E-state index contributed by atoms with van der Waals surface area (Å²) in [6.07, 6.45) is 1.49. The van der Waals surface area contributed by atoms with E-state index in [4.69, 9.17) is 0 Å². The molecule has 3 aromatic heterocycles. The molecule has 0 aliphatic rings. The van der Waals surface area contributed by atoms with E-state index in [9.17, 15) is 14.0 Å². The minimum absolute atomic E-state index is 0.106. The van der Waals surface area contributed by atoms with Gasteiger partial charge in [-0.05, 0) is 65.9 Å². The fourth-order valence-electron chi connectivity index (χ4n) is 4.52. The normalized spacial score (nSPS) is 11.1. The minimum Gasteiger partial charge on any atom is -0.320 e. The molecule has 1 amide bonds. The zero-order chi connectivity index (χ0) is 28.7. The van der Waals surface area contributed by atoms with E-state index in [-0.39, 0.29) is 22.6 Å². The van der Waals surface area contributed by atoms with Gasteiger partial charge in [0.2, 0.25) is 0 Å². The minimum atomic E-state index is -0.691. The van der Waals surface area contributed by atoms with Gasteiger partial charge in [-0.25, -0.2) is 18.7 Å². The van der Waals surface area contributed by atoms with Crippen LogP contribution in [0.15, 0.2) is 93.8 Å². The van der Waals surface area contributed by atoms with Crippen molar-refractivity contribution in [2.24, 2.45) is 0 Å². The third kappa shape index (κ3) is 5.05. The molecule has 1 N–H and O–H groups in total. The fraction of sp³-hybridized carbons (Fsp3) is 0.0333. The van der Waals surface area contributed by atoms with E-state index in [1.54, 1.807) is 25.1 Å². The third-order valence-electron chi connectivity index (χ3n) is 6.44. The lowest BCUT2D eigenvalue weighted by molar-refractivity contribution is 0.102. The SMILES string of the molecule is Cc1cc(=O)n(-c2ccc(Br)cc2F)nc1C(=O)Nc1ccc(-c2ccccc2-c2ncnc3sccc23)c(F)c1. The molecule has 7 nitrogen and oxygen atoms in total. The van der Waals surface area contributed by atoms with E-state index < -0.39 is 23.1 Å². The molecule has 41 heavy (non-hydrogen) atoms. The molecule has 6 aromatic rings. The number of aromatic nitrogens is 4. The number of hydrogen-bond acceptors (Lipinski definition) is 6. The van der Waals surface area contributed by atoms with Crippen LogP contribution >= 0.6 is 27.3 Å². The maximum atomic E-state index is 15.5. The Labute approximate surface area is 244 Å². The summed E-state index contributed by atoms with van der Waals surface area (Å²) in [5.41, 5.74) is 2.07. The lowest BCUT2D eigenvalue weighted by Crippen LogP contribution is -2.27. The van der Waals surface area contributed by atoms with Gasteiger partial charge < -0.3 is 5.32 Å². The zero-order valence-electron chi connectivity index (χ0n) is 21.2. The number of fused-ring (bicyclic) bond motifs is 1. The number of nitrogens with zero attached hydrogens (tertiary/aromatic N) is 4. The molecule has 0 spiro atoms. The Bertz CT molecular complexity index is 2040. The standard InChI is InChI=1S/C30H18BrF2N5O2S/c1-16-12-26(39)38(25-9-6-17(31)13-24(25)33)37-27(16)29(40)36-18-7-8-20(23(32)14-18)19-4-2-3-5-21(19)28-22-10-11-41-30(22)35-15-34-28/h2-15H,1H3,(H,36,40). The second-order valence-corrected chi connectivity index (χ2v) is 10.9. The van der Waals surface area contributed by atoms with Gasteiger partial charge in [-0.15, -0.1) is 11.3 Å². The van der Waals surface area contributed by atoms with E-state index in [1.807, 2.05) is 35.7 Å². The maximum Gasteiger partial charge on any atom is 0.276 e. The molecular formula is C30H18BrF2N5O2S. The van der Waals surface area contributed by atoms with Gasteiger partial charge in [0.25, 0.3) is 11.5 Å². The number of amides is 1. The van der Waals surface area contributed by atoms with Crippen molar-refractivity contribution in [1.29, 1.82) is 0 Å². The summed E-state index contributed by atoms with van der Waals surface area (Å²) in [5.74, 6) is -1.93. The molecule has 0 saturated carbocycles. The molecule has 11 heteroatoms. The van der Waals surface area contributed by atoms with Crippen molar-refractivity contribution >= 4 is 49.1 Å². The first-order chi connectivity index (χ1) is 19.8. The number of nitrogens with one attached hydrogen (secondary N) is 1. The number of hydrogen-bond donors (Lipinski definition) is 1. The maximum absolute atomic E-state index is 15.5. The zero-order valence-corrected chi connectivity index (χ0v) is 23.6. The first-order valence-electron chi connectivity index (χ1n) is 12.3. The average Bonchev–Trinajstić information content (AvgIpc) is 3.43. The van der Waals surface area contributed by atoms with Crippen molar-refractivity contribution in [2.45, 2.75) is 6.92 Å². The van der Waals surface area contributed by atoms with Crippen molar-refractivity contribution < 1.29 is 13.6 Å². The lowest BCUT2D eigenvalue weighted by atomic mass is 9.96. The Kier molecular flexibility index (Phi) is 6.98. The smallest absolute Gasteiger partial charge is 0.276 e. The van der Waals surface area contributed by atoms with Crippen LogP contribution in [0.2, 0.25) is 0 Å². The summed E-state index contributed by atoms with van der Waals surface area (Å²) in [7, 11) is 0. The fourth-order valence-corrected chi connectivity index (χ4v) is 5.59. The lowest BCUT2D eigenvalue weighted by Gasteiger charge is -2.13. The molecule has 0 fully saturated rings. The van der Waals surface area contributed by atoms with Crippen LogP contribution in [0.1, 0.15) is 16.1 Å². The number of carbonyl (C=O) groups is 1. The van der Waals surface area contributed by atoms with Crippen molar-refractivity contribution in [3.8, 4) is 28.1 Å². The summed E-state index contributed by atoms with van der Waals surface area (Å²) in [4.78, 5) is 35.3. The predicted octanol–water partition coefficient (Wildman–Crippen LogP) is 7.17. The molecule has 0 aliphatic carbocycles. The van der Waals surface area contributed by atoms with E-state index in [1.165, 1.54) is 41.9 Å². The molecule has 3 heterocycles. The van der Waals surface area contributed by atoms with Crippen LogP contribution in [0, 0.1) is 18.6 Å². The Balaban J connectivity index is 1.32. The summed E-state index contributed by atoms with van der Waals surface area (Å²) in [6, 6.07) is 19.0. The van der Waals surface area contributed by atoms with Gasteiger partial charge in [0, 0.05) is 32.7 Å². The predicted molar refractivity (Wildman–Crippen MR) is 158 cm³/mol. The van der Waals surface area contributed by atoms with E-state index in [2.05, 4.69) is 36.3 Å². The number of halogens is 3. The first kappa shape index (κ1) is 26.6. The number of anilines is 1. The molecular weight excluding hydrogens is 612 g/mol. The van der Waals surface area contributed by atoms with Crippen LogP contribution in [-0.2, 0) is 0 Å². The number of aryl methyl sites for hydroxylation is 1. The van der Waals surface area contributed by atoms with E-state index >= 15 is 4.39 Å². The van der Waals surface area contributed by atoms with Crippen LogP contribution in [0.5, 0.6) is 0 Å². The summed E-state index contributed by atoms with van der Waals surface area (Å²) < 4.78 is 31.4. The molecule has 0 atom stereocenters. The van der Waals surface area contributed by atoms with Crippen LogP contribution in [0.4, 0.5) is 14.5 Å². The quantitative estimate of drug-likeness (QED) is 0.218. The first-order valence-corrected chi connectivity index (χ1v) is 13.9. The highest BCUT2D eigenvalue weighted by Gasteiger charge is 2.19. The van der Waals surface area contributed by atoms with Crippen molar-refractivity contribution in [3.05, 3.63) is 122 Å². The summed E-state index contributed by atoms with van der Waals surface area (Å²) in [6.45, 7) is 1.55. The average molecular weight is 630 g/mol. The Hall–Kier alpha value is -4.61. The third-order valence-corrected chi connectivity index (χ3v) is 7.75. The molecule has 6 rings (SSSR count). The molecule has 3 aromatic carbocycles. The van der Waals surface area contributed by atoms with Gasteiger partial charge in [-0.3, -0.25) is 9.59 Å². The van der Waals surface area contributed by atoms with Gasteiger partial charge >= 0.3 is 0 Å². The summed E-state index contributed by atoms with van der Waals surface area (Å²) in [5, 5.41) is 9.55. The van der Waals surface area contributed by atoms with E-state index in [0.29, 0.717) is 21.3 Å². The van der Waals surface area contributed by atoms with E-state index in [0.717, 1.165) is 20.5 Å². The van der Waals surface area contributed by atoms with Crippen LogP contribution in [0.25, 0.3) is 38.3 Å². The Morgan fingerprint density at radius 1 is 0.927 bits per heavy atom. The Morgan fingerprint density at radius 2 is 1.73 bits per heavy atom. The van der Waals surface area contributed by atoms with Crippen molar-refractivity contribution in [1.82, 2.24) is 19.7 Å². The molecule has 0 saturated heterocycles. The topological polar surface area (TPSA) is 89.8 Å². The number of rotatable bonds is 5. The van der Waals surface area contributed by atoms with Crippen molar-refractivity contribution in [3.63, 3.8) is 0 Å². The highest BCUT2D eigenvalue weighted by Crippen LogP contribution is 2.37. The largest absolute Gasteiger partial charge is 0.320 e. The Morgan fingerprint density at radius 3 is 2.51 bits per heavy atom. The molecule has 0 unspecified atom stereocenters. The highest BCUT2D eigenvalue weighted by atomic mass is 79.9. The number of carbonyl (C=O) groups excluding carboxylic acids is 1. The summed E-state index contributed by atoms with van der Waals surface area (Å²) >= 11 is 4.67. The number of benzene rings is 3. The van der Waals surface area contributed by atoms with Gasteiger partial charge in [-0.1, -0.05) is 40.2 Å². The molecule has 0 aliphatic heterocycles. The number of thiophene rings is 1. The van der Waals surface area contributed by atoms with Crippen molar-refractivity contribution in [2.75, 3.05) is 5.32 Å². The van der Waals surface area contributed by atoms with Gasteiger partial charge in [-0.2, -0.15) is 9.78 Å². The second kappa shape index (κ2) is 10.8. The molecule has 0 bridgehead atoms. The van der Waals surface area contributed by atoms with Crippen LogP contribution < -0.4 is 10.9 Å². The monoisotopic (exact) mass is 629 g/mol. The van der Waals surface area contributed by atoms with Crippen LogP contribution in [0.3, 0.4) is 0 Å². The van der Waals surface area contributed by atoms with Gasteiger partial charge in [0.15, 0.2) is 5.69 Å². The molecule has 0 radical (unpaired) electrons. The van der Waals surface area contributed by atoms with Crippen LogP contribution in [-0.4, -0.2) is 25.7 Å². The van der Waals surface area contributed by atoms with Gasteiger partial charge in [0.1, 0.15) is 28.5 Å². The molecule has 202 valence electrons. The second-order valence-electron chi connectivity index (χ2n) is 9.08. The van der Waals surface area contributed by atoms with Gasteiger partial charge in [0.05, 0.1) is 5.69 Å².